The summed E-state index contributed by atoms with van der Waals surface area (Å²) in [7, 11) is 0. The van der Waals surface area contributed by atoms with E-state index in [1.165, 1.54) is 0 Å². The summed E-state index contributed by atoms with van der Waals surface area (Å²) in [5.74, 6) is 0.645. The lowest BCUT2D eigenvalue weighted by Gasteiger charge is -1.99. The zero-order valence-corrected chi connectivity index (χ0v) is 8.61. The number of imidazole rings is 1. The highest BCUT2D eigenvalue weighted by atomic mass is 32.1. The van der Waals surface area contributed by atoms with Crippen LogP contribution in [0.25, 0.3) is 16.3 Å². The number of nitrogens with zero attached hydrogens (tertiary/aromatic N) is 3. The van der Waals surface area contributed by atoms with Crippen molar-refractivity contribution in [2.45, 2.75) is 0 Å². The molecule has 0 atom stereocenters. The van der Waals surface area contributed by atoms with Gasteiger partial charge in [0, 0.05) is 11.6 Å². The van der Waals surface area contributed by atoms with Crippen LogP contribution >= 0.6 is 11.3 Å². The summed E-state index contributed by atoms with van der Waals surface area (Å²) in [6, 6.07) is 5.81. The molecule has 0 bridgehead atoms. The fourth-order valence-electron chi connectivity index (χ4n) is 1.52. The second-order valence-corrected chi connectivity index (χ2v) is 3.97. The maximum absolute atomic E-state index is 5.84. The van der Waals surface area contributed by atoms with Crippen LogP contribution in [0.15, 0.2) is 36.0 Å². The van der Waals surface area contributed by atoms with Crippen LogP contribution in [-0.2, 0) is 0 Å². The number of rotatable bonds is 1. The number of aromatic nitrogens is 3. The summed E-state index contributed by atoms with van der Waals surface area (Å²) in [6.07, 6.45) is 3.43. The van der Waals surface area contributed by atoms with E-state index in [2.05, 4.69) is 9.97 Å². The number of thiazole rings is 1. The first-order valence-electron chi connectivity index (χ1n) is 4.48. The molecule has 0 aliphatic heterocycles. The first kappa shape index (κ1) is 8.43. The lowest BCUT2D eigenvalue weighted by Crippen LogP contribution is -1.93. The number of hydrogen-bond acceptors (Lipinski definition) is 4. The maximum Gasteiger partial charge on any atom is 0.195 e. The molecule has 0 saturated heterocycles. The van der Waals surface area contributed by atoms with Gasteiger partial charge in [0.1, 0.15) is 5.82 Å². The predicted molar refractivity (Wildman–Crippen MR) is 60.7 cm³/mol. The van der Waals surface area contributed by atoms with Gasteiger partial charge in [-0.15, -0.1) is 11.3 Å². The number of hydrogen-bond donors (Lipinski definition) is 1. The van der Waals surface area contributed by atoms with E-state index in [9.17, 15) is 0 Å². The van der Waals surface area contributed by atoms with Gasteiger partial charge in [0.2, 0.25) is 0 Å². The smallest absolute Gasteiger partial charge is 0.195 e. The zero-order chi connectivity index (χ0) is 10.3. The van der Waals surface area contributed by atoms with Crippen molar-refractivity contribution in [1.82, 2.24) is 14.4 Å². The van der Waals surface area contributed by atoms with Crippen molar-refractivity contribution in [1.29, 1.82) is 0 Å². The van der Waals surface area contributed by atoms with E-state index in [0.717, 1.165) is 16.3 Å². The second-order valence-electron chi connectivity index (χ2n) is 3.14. The molecule has 0 aromatic carbocycles. The molecule has 0 radical (unpaired) electrons. The standard InChI is InChI=1S/C10H8N4S/c11-9-5-13-10-14(9)8(6-15-10)7-3-1-2-4-12-7/h1-6H,11H2. The van der Waals surface area contributed by atoms with Gasteiger partial charge in [-0.3, -0.25) is 9.38 Å². The van der Waals surface area contributed by atoms with Crippen molar-refractivity contribution in [3.05, 3.63) is 36.0 Å². The SMILES string of the molecule is Nc1cnc2scc(-c3ccccn3)n12. The molecular weight excluding hydrogens is 208 g/mol. The monoisotopic (exact) mass is 216 g/mol. The number of pyridine rings is 1. The number of nitrogen functional groups attached to an aromatic ring is 1. The summed E-state index contributed by atoms with van der Waals surface area (Å²) in [4.78, 5) is 9.38. The van der Waals surface area contributed by atoms with E-state index in [0.29, 0.717) is 5.82 Å². The average Bonchev–Trinajstić information content (AvgIpc) is 2.84. The van der Waals surface area contributed by atoms with Crippen LogP contribution in [-0.4, -0.2) is 14.4 Å². The molecule has 4 nitrogen and oxygen atoms in total. The van der Waals surface area contributed by atoms with Crippen molar-refractivity contribution in [2.24, 2.45) is 0 Å². The van der Waals surface area contributed by atoms with Gasteiger partial charge in [-0.05, 0) is 12.1 Å². The van der Waals surface area contributed by atoms with Crippen molar-refractivity contribution >= 4 is 22.1 Å². The molecule has 3 rings (SSSR count). The molecule has 0 unspecified atom stereocenters. The Morgan fingerprint density at radius 1 is 1.27 bits per heavy atom. The van der Waals surface area contributed by atoms with Crippen LogP contribution < -0.4 is 5.73 Å². The van der Waals surface area contributed by atoms with Gasteiger partial charge in [-0.1, -0.05) is 6.07 Å². The van der Waals surface area contributed by atoms with Gasteiger partial charge >= 0.3 is 0 Å². The Morgan fingerprint density at radius 3 is 3.00 bits per heavy atom. The summed E-state index contributed by atoms with van der Waals surface area (Å²) in [6.45, 7) is 0. The van der Waals surface area contributed by atoms with E-state index in [-0.39, 0.29) is 0 Å². The fraction of sp³-hybridized carbons (Fsp3) is 0. The number of fused-ring (bicyclic) bond motifs is 1. The first-order valence-corrected chi connectivity index (χ1v) is 5.36. The molecular formula is C10H8N4S. The molecule has 0 aliphatic rings. The zero-order valence-electron chi connectivity index (χ0n) is 7.79. The van der Waals surface area contributed by atoms with E-state index >= 15 is 0 Å². The summed E-state index contributed by atoms with van der Waals surface area (Å²) in [5, 5.41) is 2.01. The molecule has 5 heteroatoms. The Kier molecular flexibility index (Phi) is 1.72. The minimum Gasteiger partial charge on any atom is -0.383 e. The summed E-state index contributed by atoms with van der Waals surface area (Å²) in [5.41, 5.74) is 7.74. The third-order valence-electron chi connectivity index (χ3n) is 2.20. The molecule has 15 heavy (non-hydrogen) atoms. The molecule has 0 aliphatic carbocycles. The summed E-state index contributed by atoms with van der Waals surface area (Å²) >= 11 is 1.56. The lowest BCUT2D eigenvalue weighted by atomic mass is 10.3. The van der Waals surface area contributed by atoms with Crippen LogP contribution in [0.3, 0.4) is 0 Å². The molecule has 0 saturated carbocycles. The molecule has 0 spiro atoms. The Balaban J connectivity index is 2.31. The van der Waals surface area contributed by atoms with E-state index < -0.39 is 0 Å². The van der Waals surface area contributed by atoms with Gasteiger partial charge < -0.3 is 5.73 Å². The molecule has 0 amide bonds. The first-order chi connectivity index (χ1) is 7.36. The average molecular weight is 216 g/mol. The van der Waals surface area contributed by atoms with Crippen molar-refractivity contribution in [3.63, 3.8) is 0 Å². The predicted octanol–water partition coefficient (Wildman–Crippen LogP) is 2.04. The second kappa shape index (κ2) is 3.06. The highest BCUT2D eigenvalue weighted by Gasteiger charge is 2.09. The largest absolute Gasteiger partial charge is 0.383 e. The van der Waals surface area contributed by atoms with Crippen LogP contribution in [0.1, 0.15) is 0 Å². The van der Waals surface area contributed by atoms with Crippen molar-refractivity contribution in [3.8, 4) is 11.4 Å². The van der Waals surface area contributed by atoms with Gasteiger partial charge in [-0.2, -0.15) is 0 Å². The highest BCUT2D eigenvalue weighted by Crippen LogP contribution is 2.26. The van der Waals surface area contributed by atoms with Crippen LogP contribution in [0.5, 0.6) is 0 Å². The highest BCUT2D eigenvalue weighted by molar-refractivity contribution is 7.15. The lowest BCUT2D eigenvalue weighted by molar-refractivity contribution is 1.20. The fourth-order valence-corrected chi connectivity index (χ4v) is 2.39. The molecule has 3 heterocycles. The number of nitrogens with two attached hydrogens (primary N) is 1. The molecule has 3 aromatic rings. The van der Waals surface area contributed by atoms with Gasteiger partial charge in [0.05, 0.1) is 17.6 Å². The minimum absolute atomic E-state index is 0.645. The van der Waals surface area contributed by atoms with Crippen molar-refractivity contribution in [2.75, 3.05) is 5.73 Å². The van der Waals surface area contributed by atoms with Gasteiger partial charge in [0.15, 0.2) is 4.96 Å². The minimum atomic E-state index is 0.645. The topological polar surface area (TPSA) is 56.2 Å². The van der Waals surface area contributed by atoms with E-state index in [1.807, 2.05) is 28.0 Å². The normalized spacial score (nSPS) is 10.9. The van der Waals surface area contributed by atoms with Crippen molar-refractivity contribution < 1.29 is 0 Å². The molecule has 3 aromatic heterocycles. The maximum atomic E-state index is 5.84. The third-order valence-corrected chi connectivity index (χ3v) is 3.04. The summed E-state index contributed by atoms with van der Waals surface area (Å²) < 4.78 is 1.91. The molecule has 2 N–H and O–H groups in total. The quantitative estimate of drug-likeness (QED) is 0.677. The van der Waals surface area contributed by atoms with E-state index in [4.69, 9.17) is 5.73 Å². The Bertz CT molecular complexity index is 596. The third kappa shape index (κ3) is 1.20. The van der Waals surface area contributed by atoms with Crippen LogP contribution in [0.4, 0.5) is 5.82 Å². The molecule has 0 fully saturated rings. The Morgan fingerprint density at radius 2 is 2.20 bits per heavy atom. The Labute approximate surface area is 90.0 Å². The van der Waals surface area contributed by atoms with Gasteiger partial charge in [0.25, 0.3) is 0 Å². The van der Waals surface area contributed by atoms with Crippen LogP contribution in [0.2, 0.25) is 0 Å². The van der Waals surface area contributed by atoms with Crippen LogP contribution in [0, 0.1) is 0 Å². The number of anilines is 1. The molecule has 74 valence electrons. The van der Waals surface area contributed by atoms with Gasteiger partial charge in [-0.25, -0.2) is 4.98 Å². The Hall–Kier alpha value is -1.88. The van der Waals surface area contributed by atoms with E-state index in [1.54, 1.807) is 23.7 Å².